The lowest BCUT2D eigenvalue weighted by molar-refractivity contribution is 0.665. The molecule has 1 aromatic heterocycles. The Morgan fingerprint density at radius 1 is 1.17 bits per heavy atom. The van der Waals surface area contributed by atoms with Gasteiger partial charge in [0.15, 0.2) is 5.96 Å². The molecule has 5 heteroatoms. The molecule has 1 heterocycles. The van der Waals surface area contributed by atoms with E-state index in [4.69, 9.17) is 0 Å². The maximum atomic E-state index is 4.29. The summed E-state index contributed by atoms with van der Waals surface area (Å²) >= 11 is 0. The Hall–Kier alpha value is -2.43. The number of aliphatic imine (C=N–C) groups is 1. The zero-order chi connectivity index (χ0) is 16.7. The van der Waals surface area contributed by atoms with Crippen molar-refractivity contribution in [1.29, 1.82) is 0 Å². The van der Waals surface area contributed by atoms with Crippen molar-refractivity contribution in [2.45, 2.75) is 20.0 Å². The van der Waals surface area contributed by atoms with Crippen molar-refractivity contribution in [2.75, 3.05) is 32.6 Å². The highest BCUT2D eigenvalue weighted by molar-refractivity contribution is 5.79. The third-order valence-electron chi connectivity index (χ3n) is 3.72. The van der Waals surface area contributed by atoms with Gasteiger partial charge < -0.3 is 20.1 Å². The van der Waals surface area contributed by atoms with Crippen LogP contribution in [0.1, 0.15) is 11.1 Å². The van der Waals surface area contributed by atoms with Crippen molar-refractivity contribution < 1.29 is 0 Å². The largest absolute Gasteiger partial charge is 0.377 e. The van der Waals surface area contributed by atoms with E-state index in [0.717, 1.165) is 25.6 Å². The number of guanidine groups is 1. The molecule has 0 spiro atoms. The fourth-order valence-corrected chi connectivity index (χ4v) is 2.46. The lowest BCUT2D eigenvalue weighted by Crippen LogP contribution is -2.38. The van der Waals surface area contributed by atoms with Gasteiger partial charge in [0.2, 0.25) is 0 Å². The van der Waals surface area contributed by atoms with E-state index in [2.05, 4.69) is 76.7 Å². The first-order chi connectivity index (χ1) is 11.1. The van der Waals surface area contributed by atoms with E-state index < -0.39 is 0 Å². The molecule has 0 saturated carbocycles. The number of nitrogens with one attached hydrogen (secondary N) is 2. The third kappa shape index (κ3) is 5.06. The molecule has 0 aliphatic carbocycles. The summed E-state index contributed by atoms with van der Waals surface area (Å²) < 4.78 is 2.14. The number of hydrogen-bond acceptors (Lipinski definition) is 2. The smallest absolute Gasteiger partial charge is 0.191 e. The van der Waals surface area contributed by atoms with Crippen molar-refractivity contribution in [1.82, 2.24) is 15.2 Å². The van der Waals surface area contributed by atoms with Crippen LogP contribution in [0.3, 0.4) is 0 Å². The van der Waals surface area contributed by atoms with Gasteiger partial charge in [0.05, 0.1) is 0 Å². The monoisotopic (exact) mass is 313 g/mol. The van der Waals surface area contributed by atoms with E-state index in [1.165, 1.54) is 16.8 Å². The number of aryl methyl sites for hydroxylation is 1. The van der Waals surface area contributed by atoms with Gasteiger partial charge in [0.1, 0.15) is 0 Å². The molecule has 0 aliphatic heterocycles. The first-order valence-electron chi connectivity index (χ1n) is 7.92. The molecule has 0 bridgehead atoms. The molecule has 2 aromatic rings. The van der Waals surface area contributed by atoms with Gasteiger partial charge in [0, 0.05) is 58.9 Å². The zero-order valence-corrected chi connectivity index (χ0v) is 14.5. The minimum absolute atomic E-state index is 0.747. The third-order valence-corrected chi connectivity index (χ3v) is 3.72. The van der Waals surface area contributed by atoms with Crippen molar-refractivity contribution in [3.05, 3.63) is 53.9 Å². The minimum atomic E-state index is 0.747. The predicted octanol–water partition coefficient (Wildman–Crippen LogP) is 2.23. The van der Waals surface area contributed by atoms with Crippen LogP contribution in [0.2, 0.25) is 0 Å². The van der Waals surface area contributed by atoms with Crippen molar-refractivity contribution in [3.63, 3.8) is 0 Å². The summed E-state index contributed by atoms with van der Waals surface area (Å²) in [5.41, 5.74) is 3.76. The van der Waals surface area contributed by atoms with E-state index in [0.29, 0.717) is 0 Å². The molecule has 0 radical (unpaired) electrons. The topological polar surface area (TPSA) is 44.6 Å². The minimum Gasteiger partial charge on any atom is -0.377 e. The van der Waals surface area contributed by atoms with Crippen LogP contribution >= 0.6 is 0 Å². The van der Waals surface area contributed by atoms with Crippen LogP contribution in [-0.4, -0.2) is 38.2 Å². The lowest BCUT2D eigenvalue weighted by atomic mass is 10.1. The van der Waals surface area contributed by atoms with Gasteiger partial charge in [-0.3, -0.25) is 4.99 Å². The second-order valence-corrected chi connectivity index (χ2v) is 5.80. The molecular formula is C18H27N5. The molecule has 124 valence electrons. The average molecular weight is 313 g/mol. The number of benzene rings is 1. The van der Waals surface area contributed by atoms with Crippen LogP contribution in [0.25, 0.3) is 0 Å². The van der Waals surface area contributed by atoms with Gasteiger partial charge in [-0.2, -0.15) is 0 Å². The van der Waals surface area contributed by atoms with E-state index in [1.54, 1.807) is 7.05 Å². The molecule has 0 saturated heterocycles. The maximum absolute atomic E-state index is 4.29. The van der Waals surface area contributed by atoms with E-state index >= 15 is 0 Å². The molecule has 0 fully saturated rings. The quantitative estimate of drug-likeness (QED) is 0.635. The molecule has 0 unspecified atom stereocenters. The number of hydrogen-bond donors (Lipinski definition) is 2. The van der Waals surface area contributed by atoms with Gasteiger partial charge in [-0.25, -0.2) is 0 Å². The number of nitrogens with zero attached hydrogens (tertiary/aromatic N) is 3. The van der Waals surface area contributed by atoms with Gasteiger partial charge in [-0.15, -0.1) is 0 Å². The number of aromatic nitrogens is 1. The molecule has 2 N–H and O–H groups in total. The summed E-state index contributed by atoms with van der Waals surface area (Å²) in [5.74, 6) is 0.822. The Balaban J connectivity index is 1.88. The second kappa shape index (κ2) is 8.27. The van der Waals surface area contributed by atoms with E-state index in [1.807, 2.05) is 12.1 Å². The van der Waals surface area contributed by atoms with Gasteiger partial charge in [-0.1, -0.05) is 12.1 Å². The molecule has 0 aliphatic rings. The first-order valence-corrected chi connectivity index (χ1v) is 7.92. The fourth-order valence-electron chi connectivity index (χ4n) is 2.46. The lowest BCUT2D eigenvalue weighted by Gasteiger charge is -2.19. The fraction of sp³-hybridized carbons (Fsp3) is 0.389. The molecule has 2 rings (SSSR count). The normalized spacial score (nSPS) is 11.4. The van der Waals surface area contributed by atoms with Gasteiger partial charge in [-0.05, 0) is 36.2 Å². The maximum Gasteiger partial charge on any atom is 0.191 e. The Labute approximate surface area is 139 Å². The highest BCUT2D eigenvalue weighted by atomic mass is 15.2. The summed E-state index contributed by atoms with van der Waals surface area (Å²) in [6.45, 7) is 4.62. The second-order valence-electron chi connectivity index (χ2n) is 5.80. The van der Waals surface area contributed by atoms with Crippen molar-refractivity contribution in [2.24, 2.45) is 4.99 Å². The Morgan fingerprint density at radius 3 is 2.57 bits per heavy atom. The average Bonchev–Trinajstić information content (AvgIpc) is 3.04. The van der Waals surface area contributed by atoms with Gasteiger partial charge in [0.25, 0.3) is 0 Å². The molecule has 23 heavy (non-hydrogen) atoms. The number of anilines is 1. The summed E-state index contributed by atoms with van der Waals surface area (Å²) in [6.07, 6.45) is 4.13. The van der Waals surface area contributed by atoms with E-state index in [-0.39, 0.29) is 0 Å². The Bertz CT molecular complexity index is 629. The van der Waals surface area contributed by atoms with Crippen LogP contribution in [0.15, 0.2) is 47.7 Å². The van der Waals surface area contributed by atoms with Crippen molar-refractivity contribution in [3.8, 4) is 0 Å². The van der Waals surface area contributed by atoms with E-state index in [9.17, 15) is 0 Å². The van der Waals surface area contributed by atoms with Crippen LogP contribution in [0.4, 0.5) is 5.69 Å². The summed E-state index contributed by atoms with van der Waals surface area (Å²) in [4.78, 5) is 6.43. The Morgan fingerprint density at radius 2 is 1.91 bits per heavy atom. The molecule has 5 nitrogen and oxygen atoms in total. The number of rotatable bonds is 6. The van der Waals surface area contributed by atoms with Crippen LogP contribution in [0, 0.1) is 6.92 Å². The predicted molar refractivity (Wildman–Crippen MR) is 98.1 cm³/mol. The molecular weight excluding hydrogens is 286 g/mol. The van der Waals surface area contributed by atoms with Crippen LogP contribution in [0.5, 0.6) is 0 Å². The Kier molecular flexibility index (Phi) is 6.09. The zero-order valence-electron chi connectivity index (χ0n) is 14.5. The van der Waals surface area contributed by atoms with Crippen molar-refractivity contribution >= 4 is 11.6 Å². The summed E-state index contributed by atoms with van der Waals surface area (Å²) in [7, 11) is 5.94. The SMILES string of the molecule is CN=C(NCCn1cccc1)NCc1ccc(C)cc1N(C)C. The molecule has 1 aromatic carbocycles. The molecule has 0 amide bonds. The standard InChI is InChI=1S/C18H27N5/c1-15-7-8-16(17(13-15)22(3)4)14-21-18(19-2)20-9-12-23-10-5-6-11-23/h5-8,10-11,13H,9,12,14H2,1-4H3,(H2,19,20,21). The summed E-state index contributed by atoms with van der Waals surface area (Å²) in [5, 5.41) is 6.73. The van der Waals surface area contributed by atoms with Crippen LogP contribution in [-0.2, 0) is 13.1 Å². The molecule has 0 atom stereocenters. The first kappa shape index (κ1) is 16.9. The summed E-state index contributed by atoms with van der Waals surface area (Å²) in [6, 6.07) is 10.6. The highest BCUT2D eigenvalue weighted by Gasteiger charge is 2.06. The highest BCUT2D eigenvalue weighted by Crippen LogP contribution is 2.20. The van der Waals surface area contributed by atoms with Gasteiger partial charge >= 0.3 is 0 Å². The van der Waals surface area contributed by atoms with Crippen LogP contribution < -0.4 is 15.5 Å².